The minimum atomic E-state index is -0.498. The van der Waals surface area contributed by atoms with Crippen LogP contribution in [-0.4, -0.2) is 21.1 Å². The molecule has 0 fully saturated rings. The first kappa shape index (κ1) is 15.1. The monoisotopic (exact) mass is 364 g/mol. The van der Waals surface area contributed by atoms with Crippen molar-refractivity contribution in [3.05, 3.63) is 25.9 Å². The Kier molecular flexibility index (Phi) is 4.89. The molecule has 0 N–H and O–H groups in total. The largest absolute Gasteiger partial charge is 0.460 e. The summed E-state index contributed by atoms with van der Waals surface area (Å²) >= 11 is 1.96. The van der Waals surface area contributed by atoms with E-state index >= 15 is 0 Å². The molecule has 1 heterocycles. The summed E-state index contributed by atoms with van der Waals surface area (Å²) in [6, 6.07) is 0. The normalized spacial score (nSPS) is 11.4. The highest BCUT2D eigenvalue weighted by Gasteiger charge is 2.16. The van der Waals surface area contributed by atoms with Crippen molar-refractivity contribution in [2.75, 3.05) is 0 Å². The number of ether oxygens (including phenoxy) is 1. The Balaban J connectivity index is 2.68. The van der Waals surface area contributed by atoms with E-state index in [2.05, 4.69) is 4.98 Å². The summed E-state index contributed by atoms with van der Waals surface area (Å²) in [7, 11) is 0. The molecule has 18 heavy (non-hydrogen) atoms. The van der Waals surface area contributed by atoms with Crippen LogP contribution in [0.1, 0.15) is 32.9 Å². The van der Waals surface area contributed by atoms with Gasteiger partial charge in [0.25, 0.3) is 5.56 Å². The van der Waals surface area contributed by atoms with Crippen molar-refractivity contribution in [2.45, 2.75) is 46.3 Å². The first-order chi connectivity index (χ1) is 8.20. The van der Waals surface area contributed by atoms with Crippen molar-refractivity contribution in [3.8, 4) is 0 Å². The van der Waals surface area contributed by atoms with Crippen LogP contribution in [-0.2, 0) is 16.1 Å². The second kappa shape index (κ2) is 5.81. The maximum Gasteiger partial charge on any atom is 0.308 e. The van der Waals surface area contributed by atoms with E-state index in [4.69, 9.17) is 4.74 Å². The van der Waals surface area contributed by atoms with Gasteiger partial charge in [0, 0.05) is 6.54 Å². The van der Waals surface area contributed by atoms with Crippen LogP contribution in [0.15, 0.2) is 11.1 Å². The fourth-order valence-corrected chi connectivity index (χ4v) is 1.76. The summed E-state index contributed by atoms with van der Waals surface area (Å²) in [5.41, 5.74) is 0.0860. The van der Waals surface area contributed by atoms with Gasteiger partial charge in [-0.3, -0.25) is 14.2 Å². The molecule has 0 unspecified atom stereocenters. The van der Waals surface area contributed by atoms with E-state index in [0.29, 0.717) is 9.26 Å². The van der Waals surface area contributed by atoms with E-state index in [1.165, 1.54) is 10.9 Å². The van der Waals surface area contributed by atoms with Crippen molar-refractivity contribution in [2.24, 2.45) is 0 Å². The molecule has 0 aliphatic heterocycles. The summed E-state index contributed by atoms with van der Waals surface area (Å²) in [5.74, 6) is -0.315. The zero-order chi connectivity index (χ0) is 13.9. The van der Waals surface area contributed by atoms with Gasteiger partial charge in [0.15, 0.2) is 0 Å². The lowest BCUT2D eigenvalue weighted by atomic mass is 10.2. The fraction of sp³-hybridized carbons (Fsp3) is 0.583. The van der Waals surface area contributed by atoms with Gasteiger partial charge in [-0.25, -0.2) is 4.98 Å². The van der Waals surface area contributed by atoms with E-state index in [1.54, 1.807) is 6.92 Å². The molecule has 1 aromatic heterocycles. The van der Waals surface area contributed by atoms with Crippen LogP contribution in [0.25, 0.3) is 0 Å². The predicted octanol–water partition coefficient (Wildman–Crippen LogP) is 1.89. The quantitative estimate of drug-likeness (QED) is 0.607. The van der Waals surface area contributed by atoms with E-state index in [1.807, 2.05) is 43.4 Å². The topological polar surface area (TPSA) is 61.2 Å². The van der Waals surface area contributed by atoms with Gasteiger partial charge in [-0.05, 0) is 50.3 Å². The molecule has 0 aliphatic carbocycles. The van der Waals surface area contributed by atoms with Crippen LogP contribution in [0, 0.1) is 10.5 Å². The van der Waals surface area contributed by atoms with Crippen molar-refractivity contribution in [3.63, 3.8) is 0 Å². The van der Waals surface area contributed by atoms with Gasteiger partial charge in [0.05, 0.1) is 22.0 Å². The molecular weight excluding hydrogens is 347 g/mol. The third-order valence-electron chi connectivity index (χ3n) is 2.13. The Hall–Kier alpha value is -0.920. The van der Waals surface area contributed by atoms with Crippen LogP contribution in [0.5, 0.6) is 0 Å². The summed E-state index contributed by atoms with van der Waals surface area (Å²) < 4.78 is 7.19. The molecule has 0 spiro atoms. The van der Waals surface area contributed by atoms with Gasteiger partial charge in [-0.15, -0.1) is 0 Å². The molecule has 0 aliphatic rings. The molecule has 0 atom stereocenters. The standard InChI is InChI=1S/C12H17IN2O3/c1-8-10(13)11(17)15(7-14-8)6-5-9(16)18-12(2,3)4/h7H,5-6H2,1-4H3. The average molecular weight is 364 g/mol. The molecule has 100 valence electrons. The molecule has 0 saturated heterocycles. The molecule has 0 bridgehead atoms. The molecule has 5 nitrogen and oxygen atoms in total. The van der Waals surface area contributed by atoms with E-state index in [9.17, 15) is 9.59 Å². The number of hydrogen-bond acceptors (Lipinski definition) is 4. The number of nitrogens with zero attached hydrogens (tertiary/aromatic N) is 2. The fourth-order valence-electron chi connectivity index (χ4n) is 1.31. The third-order valence-corrected chi connectivity index (χ3v) is 3.38. The van der Waals surface area contributed by atoms with Crippen LogP contribution < -0.4 is 5.56 Å². The Bertz CT molecular complexity index is 503. The number of aromatic nitrogens is 2. The summed E-state index contributed by atoms with van der Waals surface area (Å²) in [6.07, 6.45) is 1.63. The lowest BCUT2D eigenvalue weighted by Crippen LogP contribution is -2.28. The number of rotatable bonds is 3. The smallest absolute Gasteiger partial charge is 0.308 e. The Morgan fingerprint density at radius 1 is 1.50 bits per heavy atom. The minimum absolute atomic E-state index is 0.119. The van der Waals surface area contributed by atoms with Crippen molar-refractivity contribution in [1.82, 2.24) is 9.55 Å². The highest BCUT2D eigenvalue weighted by Crippen LogP contribution is 2.08. The Morgan fingerprint density at radius 3 is 2.67 bits per heavy atom. The lowest BCUT2D eigenvalue weighted by molar-refractivity contribution is -0.155. The summed E-state index contributed by atoms with van der Waals surface area (Å²) in [5, 5.41) is 0. The van der Waals surface area contributed by atoms with E-state index in [-0.39, 0.29) is 24.5 Å². The third kappa shape index (κ3) is 4.40. The lowest BCUT2D eigenvalue weighted by Gasteiger charge is -2.19. The zero-order valence-electron chi connectivity index (χ0n) is 11.0. The highest BCUT2D eigenvalue weighted by atomic mass is 127. The number of carbonyl (C=O) groups is 1. The van der Waals surface area contributed by atoms with Crippen LogP contribution in [0.2, 0.25) is 0 Å². The summed E-state index contributed by atoms with van der Waals surface area (Å²) in [6.45, 7) is 7.51. The van der Waals surface area contributed by atoms with Gasteiger partial charge >= 0.3 is 5.97 Å². The van der Waals surface area contributed by atoms with Crippen LogP contribution in [0.4, 0.5) is 0 Å². The van der Waals surface area contributed by atoms with E-state index in [0.717, 1.165) is 0 Å². The van der Waals surface area contributed by atoms with Crippen LogP contribution in [0.3, 0.4) is 0 Å². The number of aryl methyl sites for hydroxylation is 2. The Labute approximate surface area is 120 Å². The van der Waals surface area contributed by atoms with E-state index < -0.39 is 5.60 Å². The number of hydrogen-bond donors (Lipinski definition) is 0. The van der Waals surface area contributed by atoms with Crippen molar-refractivity contribution >= 4 is 28.6 Å². The number of esters is 1. The molecule has 0 aromatic carbocycles. The molecule has 1 rings (SSSR count). The molecule has 0 amide bonds. The SMILES string of the molecule is Cc1ncn(CCC(=O)OC(C)(C)C)c(=O)c1I. The minimum Gasteiger partial charge on any atom is -0.460 e. The van der Waals surface area contributed by atoms with Crippen molar-refractivity contribution < 1.29 is 9.53 Å². The van der Waals surface area contributed by atoms with Crippen LogP contribution >= 0.6 is 22.6 Å². The summed E-state index contributed by atoms with van der Waals surface area (Å²) in [4.78, 5) is 27.5. The first-order valence-electron chi connectivity index (χ1n) is 5.64. The number of halogens is 1. The molecule has 0 radical (unpaired) electrons. The average Bonchev–Trinajstić information content (AvgIpc) is 2.22. The van der Waals surface area contributed by atoms with Gasteiger partial charge in [0.1, 0.15) is 5.60 Å². The van der Waals surface area contributed by atoms with Gasteiger partial charge < -0.3 is 4.74 Å². The predicted molar refractivity (Wildman–Crippen MR) is 76.4 cm³/mol. The van der Waals surface area contributed by atoms with Gasteiger partial charge in [0.2, 0.25) is 0 Å². The second-order valence-electron chi connectivity index (χ2n) is 4.98. The molecule has 0 saturated carbocycles. The number of carbonyl (C=O) groups excluding carboxylic acids is 1. The van der Waals surface area contributed by atoms with Gasteiger partial charge in [-0.1, -0.05) is 0 Å². The molecular formula is C12H17IN2O3. The Morgan fingerprint density at radius 2 is 2.11 bits per heavy atom. The van der Waals surface area contributed by atoms with Gasteiger partial charge in [-0.2, -0.15) is 0 Å². The zero-order valence-corrected chi connectivity index (χ0v) is 13.1. The molecule has 6 heteroatoms. The maximum absolute atomic E-state index is 11.9. The first-order valence-corrected chi connectivity index (χ1v) is 6.72. The molecule has 1 aromatic rings. The highest BCUT2D eigenvalue weighted by molar-refractivity contribution is 14.1. The maximum atomic E-state index is 11.9. The second-order valence-corrected chi connectivity index (χ2v) is 6.06. The van der Waals surface area contributed by atoms with Crippen molar-refractivity contribution in [1.29, 1.82) is 0 Å².